The van der Waals surface area contributed by atoms with E-state index in [0.29, 0.717) is 27.1 Å². The molecule has 0 saturated heterocycles. The fourth-order valence-electron chi connectivity index (χ4n) is 2.93. The number of carbonyl (C=O) groups is 1. The van der Waals surface area contributed by atoms with Crippen molar-refractivity contribution in [3.05, 3.63) is 80.8 Å². The van der Waals surface area contributed by atoms with Crippen molar-refractivity contribution in [1.82, 2.24) is 4.98 Å². The molecule has 2 aromatic heterocycles. The second-order valence-corrected chi connectivity index (χ2v) is 6.42. The summed E-state index contributed by atoms with van der Waals surface area (Å²) in [6, 6.07) is 12.2. The van der Waals surface area contributed by atoms with Crippen molar-refractivity contribution in [1.29, 1.82) is 0 Å². The number of aryl methyl sites for hydroxylation is 1. The summed E-state index contributed by atoms with van der Waals surface area (Å²) in [5, 5.41) is 1.98. The number of rotatable bonds is 3. The minimum atomic E-state index is -0.502. The molecular weight excluding hydrogens is 354 g/mol. The Morgan fingerprint density at radius 2 is 2.00 bits per heavy atom. The zero-order valence-corrected chi connectivity index (χ0v) is 14.6. The maximum atomic E-state index is 12.5. The monoisotopic (exact) mass is 367 g/mol. The second-order valence-electron chi connectivity index (χ2n) is 6.01. The first-order chi connectivity index (χ1) is 12.5. The molecular formula is C20H14ClNO4. The molecule has 4 aromatic rings. The van der Waals surface area contributed by atoms with Gasteiger partial charge < -0.3 is 14.1 Å². The number of ether oxygens (including phenoxy) is 1. The van der Waals surface area contributed by atoms with Crippen LogP contribution in [0.25, 0.3) is 21.9 Å². The zero-order valence-electron chi connectivity index (χ0n) is 13.8. The number of hydrogen-bond acceptors (Lipinski definition) is 4. The average molecular weight is 368 g/mol. The van der Waals surface area contributed by atoms with E-state index in [4.69, 9.17) is 20.8 Å². The van der Waals surface area contributed by atoms with Crippen LogP contribution in [0.5, 0.6) is 0 Å². The number of fused-ring (bicyclic) bond motifs is 2. The summed E-state index contributed by atoms with van der Waals surface area (Å²) in [6.45, 7) is 1.77. The number of para-hydroxylation sites is 1. The van der Waals surface area contributed by atoms with E-state index in [-0.39, 0.29) is 6.61 Å². The van der Waals surface area contributed by atoms with Crippen molar-refractivity contribution < 1.29 is 13.9 Å². The number of aromatic amines is 1. The van der Waals surface area contributed by atoms with Crippen LogP contribution in [-0.2, 0) is 11.3 Å². The van der Waals surface area contributed by atoms with Crippen molar-refractivity contribution in [3.8, 4) is 0 Å². The first kappa shape index (κ1) is 16.4. The molecule has 0 aliphatic rings. The first-order valence-electron chi connectivity index (χ1n) is 7.99. The van der Waals surface area contributed by atoms with Crippen molar-refractivity contribution in [3.63, 3.8) is 0 Å². The molecule has 0 amide bonds. The van der Waals surface area contributed by atoms with E-state index in [1.54, 1.807) is 18.3 Å². The molecule has 0 fully saturated rings. The summed E-state index contributed by atoms with van der Waals surface area (Å²) in [6.07, 6.45) is 1.62. The smallest absolute Gasteiger partial charge is 0.340 e. The van der Waals surface area contributed by atoms with Gasteiger partial charge in [-0.15, -0.1) is 0 Å². The predicted octanol–water partition coefficient (Wildman–Crippen LogP) is 4.59. The lowest BCUT2D eigenvalue weighted by atomic mass is 10.1. The summed E-state index contributed by atoms with van der Waals surface area (Å²) >= 11 is 6.18. The van der Waals surface area contributed by atoms with Crippen LogP contribution in [-0.4, -0.2) is 11.0 Å². The van der Waals surface area contributed by atoms with E-state index in [9.17, 15) is 9.59 Å². The SMILES string of the molecule is Cc1cc2oc(=O)cc(COC(=O)c3c[nH]c4ccccc34)c2cc1Cl. The molecule has 0 spiro atoms. The van der Waals surface area contributed by atoms with Crippen LogP contribution in [0.1, 0.15) is 21.5 Å². The maximum Gasteiger partial charge on any atom is 0.340 e. The number of halogens is 1. The summed E-state index contributed by atoms with van der Waals surface area (Å²) in [5.74, 6) is -0.470. The number of benzene rings is 2. The Kier molecular flexibility index (Phi) is 4.01. The van der Waals surface area contributed by atoms with E-state index >= 15 is 0 Å². The van der Waals surface area contributed by atoms with Gasteiger partial charge in [-0.05, 0) is 30.7 Å². The molecule has 4 rings (SSSR count). The van der Waals surface area contributed by atoms with Crippen LogP contribution in [0.2, 0.25) is 5.02 Å². The standard InChI is InChI=1S/C20H14ClNO4/c1-11-6-18-14(8-16(11)21)12(7-19(23)26-18)10-25-20(24)15-9-22-17-5-3-2-4-13(15)17/h2-9,22H,10H2,1H3. The van der Waals surface area contributed by atoms with E-state index in [0.717, 1.165) is 16.5 Å². The van der Waals surface area contributed by atoms with Crippen LogP contribution < -0.4 is 5.63 Å². The van der Waals surface area contributed by atoms with Gasteiger partial charge in [0.1, 0.15) is 12.2 Å². The number of nitrogens with one attached hydrogen (secondary N) is 1. The summed E-state index contributed by atoms with van der Waals surface area (Å²) in [7, 11) is 0. The van der Waals surface area contributed by atoms with Crippen molar-refractivity contribution >= 4 is 39.4 Å². The van der Waals surface area contributed by atoms with Gasteiger partial charge in [0.2, 0.25) is 0 Å². The van der Waals surface area contributed by atoms with Gasteiger partial charge in [-0.1, -0.05) is 29.8 Å². The highest BCUT2D eigenvalue weighted by atomic mass is 35.5. The number of H-pyrrole nitrogens is 1. The summed E-state index contributed by atoms with van der Waals surface area (Å²) in [4.78, 5) is 27.3. The molecule has 0 aliphatic heterocycles. The third-order valence-corrected chi connectivity index (χ3v) is 4.68. The van der Waals surface area contributed by atoms with Crippen molar-refractivity contribution in [2.24, 2.45) is 0 Å². The molecule has 2 heterocycles. The first-order valence-corrected chi connectivity index (χ1v) is 8.37. The molecule has 0 radical (unpaired) electrons. The molecule has 0 aliphatic carbocycles. The van der Waals surface area contributed by atoms with Crippen LogP contribution >= 0.6 is 11.6 Å². The lowest BCUT2D eigenvalue weighted by molar-refractivity contribution is 0.0476. The Balaban J connectivity index is 1.66. The van der Waals surface area contributed by atoms with Gasteiger partial charge in [-0.2, -0.15) is 0 Å². The van der Waals surface area contributed by atoms with E-state index in [1.165, 1.54) is 6.07 Å². The number of esters is 1. The normalized spacial score (nSPS) is 11.2. The Bertz CT molecular complexity index is 1210. The molecule has 130 valence electrons. The molecule has 2 aromatic carbocycles. The predicted molar refractivity (Wildman–Crippen MR) is 99.6 cm³/mol. The summed E-state index contributed by atoms with van der Waals surface area (Å²) in [5.41, 5.74) is 2.56. The van der Waals surface area contributed by atoms with Crippen molar-refractivity contribution in [2.45, 2.75) is 13.5 Å². The maximum absolute atomic E-state index is 12.5. The van der Waals surface area contributed by atoms with Crippen molar-refractivity contribution in [2.75, 3.05) is 0 Å². The molecule has 0 bridgehead atoms. The quantitative estimate of drug-likeness (QED) is 0.424. The van der Waals surface area contributed by atoms with E-state index in [2.05, 4.69) is 4.98 Å². The Morgan fingerprint density at radius 1 is 1.19 bits per heavy atom. The fourth-order valence-corrected chi connectivity index (χ4v) is 3.09. The topological polar surface area (TPSA) is 72.3 Å². The molecule has 26 heavy (non-hydrogen) atoms. The largest absolute Gasteiger partial charge is 0.457 e. The Morgan fingerprint density at radius 3 is 2.85 bits per heavy atom. The molecule has 0 saturated carbocycles. The minimum Gasteiger partial charge on any atom is -0.457 e. The molecule has 5 nitrogen and oxygen atoms in total. The lowest BCUT2D eigenvalue weighted by Crippen LogP contribution is -2.07. The molecule has 0 atom stereocenters. The third kappa shape index (κ3) is 2.86. The molecule has 6 heteroatoms. The number of aromatic nitrogens is 1. The highest BCUT2D eigenvalue weighted by Crippen LogP contribution is 2.26. The van der Waals surface area contributed by atoms with E-state index < -0.39 is 11.6 Å². The fraction of sp³-hybridized carbons (Fsp3) is 0.100. The van der Waals surface area contributed by atoms with Gasteiger partial charge >= 0.3 is 11.6 Å². The lowest BCUT2D eigenvalue weighted by Gasteiger charge is -2.08. The Labute approximate surface area is 153 Å². The van der Waals surface area contributed by atoms with Crippen LogP contribution in [0, 0.1) is 6.92 Å². The highest BCUT2D eigenvalue weighted by molar-refractivity contribution is 6.32. The van der Waals surface area contributed by atoms with Gasteiger partial charge in [-0.3, -0.25) is 0 Å². The minimum absolute atomic E-state index is 0.0557. The summed E-state index contributed by atoms with van der Waals surface area (Å²) < 4.78 is 10.6. The van der Waals surface area contributed by atoms with Gasteiger partial charge in [0.15, 0.2) is 0 Å². The Hall–Kier alpha value is -3.05. The highest BCUT2D eigenvalue weighted by Gasteiger charge is 2.15. The van der Waals surface area contributed by atoms with Gasteiger partial charge in [0.25, 0.3) is 0 Å². The number of hydrogen-bond donors (Lipinski definition) is 1. The van der Waals surface area contributed by atoms with Crippen LogP contribution in [0.3, 0.4) is 0 Å². The van der Waals surface area contributed by atoms with Crippen LogP contribution in [0.15, 0.2) is 57.9 Å². The van der Waals surface area contributed by atoms with Gasteiger partial charge in [0, 0.05) is 39.1 Å². The van der Waals surface area contributed by atoms with Crippen LogP contribution in [0.4, 0.5) is 0 Å². The zero-order chi connectivity index (χ0) is 18.3. The van der Waals surface area contributed by atoms with Gasteiger partial charge in [0.05, 0.1) is 5.56 Å². The molecule has 1 N–H and O–H groups in total. The second kappa shape index (κ2) is 6.35. The number of carbonyl (C=O) groups excluding carboxylic acids is 1. The van der Waals surface area contributed by atoms with Gasteiger partial charge in [-0.25, -0.2) is 9.59 Å². The third-order valence-electron chi connectivity index (χ3n) is 4.28. The molecule has 0 unspecified atom stereocenters. The van der Waals surface area contributed by atoms with E-state index in [1.807, 2.05) is 31.2 Å². The average Bonchev–Trinajstić information content (AvgIpc) is 3.05.